The summed E-state index contributed by atoms with van der Waals surface area (Å²) in [4.78, 5) is 17.7. The third kappa shape index (κ3) is 4.24. The monoisotopic (exact) mass is 463 g/mol. The van der Waals surface area contributed by atoms with Gasteiger partial charge in [0.25, 0.3) is 5.91 Å². The number of aromatic nitrogens is 4. The smallest absolute Gasteiger partial charge is 0.262 e. The summed E-state index contributed by atoms with van der Waals surface area (Å²) < 4.78 is 34.3. The van der Waals surface area contributed by atoms with Gasteiger partial charge in [0.1, 0.15) is 28.2 Å². The first kappa shape index (κ1) is 22.0. The number of nitrogens with one attached hydrogen (secondary N) is 1. The number of fused-ring (bicyclic) bond motifs is 1. The number of aryl methyl sites for hydroxylation is 1. The molecule has 0 aliphatic heterocycles. The van der Waals surface area contributed by atoms with E-state index in [1.165, 1.54) is 10.7 Å². The highest BCUT2D eigenvalue weighted by Crippen LogP contribution is 2.35. The lowest BCUT2D eigenvalue weighted by atomic mass is 10.1. The standard InChI is InChI=1S/C20H19F2N5O4S/c1-9(19-24-10(2)26-31-19)23-18(30)16-6-14-17(13-4-3-11(21)5-15(13)22)25-27(20(14)32-16)7-12(29)8-28/h3-6,9,12,28-29H,7-8H2,1-2H3,(H,23,30)/t9-,12?/m1/s1. The fourth-order valence-electron chi connectivity index (χ4n) is 3.15. The number of nitrogens with zero attached hydrogens (tertiary/aromatic N) is 4. The number of amides is 1. The predicted octanol–water partition coefficient (Wildman–Crippen LogP) is 2.58. The number of rotatable bonds is 7. The molecule has 0 spiro atoms. The highest BCUT2D eigenvalue weighted by atomic mass is 32.1. The Morgan fingerprint density at radius 2 is 2.12 bits per heavy atom. The van der Waals surface area contributed by atoms with Crippen molar-refractivity contribution in [3.05, 3.63) is 52.5 Å². The molecule has 9 nitrogen and oxygen atoms in total. The molecule has 2 atom stereocenters. The van der Waals surface area contributed by atoms with Crippen LogP contribution in [0.25, 0.3) is 21.5 Å². The number of hydrogen-bond acceptors (Lipinski definition) is 8. The van der Waals surface area contributed by atoms with Crippen LogP contribution < -0.4 is 5.32 Å². The van der Waals surface area contributed by atoms with Crippen molar-refractivity contribution in [3.63, 3.8) is 0 Å². The normalized spacial score (nSPS) is 13.4. The van der Waals surface area contributed by atoms with Gasteiger partial charge in [-0.2, -0.15) is 10.1 Å². The van der Waals surface area contributed by atoms with Gasteiger partial charge < -0.3 is 20.1 Å². The van der Waals surface area contributed by atoms with Crippen LogP contribution in [-0.4, -0.2) is 48.8 Å². The van der Waals surface area contributed by atoms with E-state index in [-0.39, 0.29) is 23.7 Å². The lowest BCUT2D eigenvalue weighted by Gasteiger charge is -2.09. The Kier molecular flexibility index (Phi) is 6.00. The molecule has 0 saturated heterocycles. The Bertz CT molecular complexity index is 1280. The average Bonchev–Trinajstić information content (AvgIpc) is 3.44. The van der Waals surface area contributed by atoms with Crippen LogP contribution >= 0.6 is 11.3 Å². The van der Waals surface area contributed by atoms with Gasteiger partial charge in [0, 0.05) is 17.0 Å². The molecule has 3 aromatic heterocycles. The van der Waals surface area contributed by atoms with Crippen LogP contribution in [0.4, 0.5) is 8.78 Å². The number of carbonyl (C=O) groups excluding carboxylic acids is 1. The van der Waals surface area contributed by atoms with E-state index in [0.717, 1.165) is 23.5 Å². The van der Waals surface area contributed by atoms with Crippen molar-refractivity contribution in [3.8, 4) is 11.3 Å². The van der Waals surface area contributed by atoms with Gasteiger partial charge in [0.15, 0.2) is 5.82 Å². The van der Waals surface area contributed by atoms with Crippen molar-refractivity contribution in [1.82, 2.24) is 25.2 Å². The highest BCUT2D eigenvalue weighted by molar-refractivity contribution is 7.20. The Labute approximate surface area is 184 Å². The number of hydrogen-bond donors (Lipinski definition) is 3. The summed E-state index contributed by atoms with van der Waals surface area (Å²) in [5.74, 6) is -1.26. The molecule has 4 aromatic rings. The third-order valence-corrected chi connectivity index (χ3v) is 5.84. The average molecular weight is 463 g/mol. The minimum absolute atomic E-state index is 0.0492. The van der Waals surface area contributed by atoms with E-state index in [2.05, 4.69) is 20.6 Å². The summed E-state index contributed by atoms with van der Waals surface area (Å²) in [5.41, 5.74) is 0.242. The summed E-state index contributed by atoms with van der Waals surface area (Å²) in [6, 6.07) is 4.12. The number of aliphatic hydroxyl groups excluding tert-OH is 2. The Balaban J connectivity index is 1.72. The zero-order chi connectivity index (χ0) is 23.0. The molecule has 0 fully saturated rings. The minimum Gasteiger partial charge on any atom is -0.394 e. The molecule has 12 heteroatoms. The summed E-state index contributed by atoms with van der Waals surface area (Å²) in [7, 11) is 0. The largest absolute Gasteiger partial charge is 0.394 e. The van der Waals surface area contributed by atoms with E-state index in [1.54, 1.807) is 19.9 Å². The Morgan fingerprint density at radius 3 is 2.78 bits per heavy atom. The van der Waals surface area contributed by atoms with E-state index in [4.69, 9.17) is 4.52 Å². The molecule has 1 aromatic carbocycles. The second-order valence-electron chi connectivity index (χ2n) is 7.20. The lowest BCUT2D eigenvalue weighted by molar-refractivity contribution is 0.0795. The van der Waals surface area contributed by atoms with E-state index >= 15 is 0 Å². The second kappa shape index (κ2) is 8.73. The predicted molar refractivity (Wildman–Crippen MR) is 111 cm³/mol. The molecule has 3 N–H and O–H groups in total. The first-order valence-corrected chi connectivity index (χ1v) is 10.4. The summed E-state index contributed by atoms with van der Waals surface area (Å²) in [6.07, 6.45) is -1.11. The third-order valence-electron chi connectivity index (χ3n) is 4.69. The fourth-order valence-corrected chi connectivity index (χ4v) is 4.18. The second-order valence-corrected chi connectivity index (χ2v) is 8.23. The molecule has 168 valence electrons. The molecule has 3 heterocycles. The SMILES string of the molecule is Cc1noc([C@@H](C)NC(=O)c2cc3c(-c4ccc(F)cc4F)nn(CC(O)CO)c3s2)n1. The first-order chi connectivity index (χ1) is 15.3. The van der Waals surface area contributed by atoms with Gasteiger partial charge in [-0.05, 0) is 32.0 Å². The van der Waals surface area contributed by atoms with Gasteiger partial charge in [-0.1, -0.05) is 5.16 Å². The van der Waals surface area contributed by atoms with Gasteiger partial charge in [-0.15, -0.1) is 11.3 Å². The topological polar surface area (TPSA) is 126 Å². The van der Waals surface area contributed by atoms with Crippen molar-refractivity contribution >= 4 is 27.5 Å². The molecule has 0 aliphatic carbocycles. The lowest BCUT2D eigenvalue weighted by Crippen LogP contribution is -2.26. The van der Waals surface area contributed by atoms with E-state index in [1.807, 2.05) is 0 Å². The number of benzene rings is 1. The molecule has 1 amide bonds. The van der Waals surface area contributed by atoms with Crippen molar-refractivity contribution < 1.29 is 28.3 Å². The molecule has 0 bridgehead atoms. The van der Waals surface area contributed by atoms with Gasteiger partial charge in [-0.3, -0.25) is 9.48 Å². The van der Waals surface area contributed by atoms with Crippen LogP contribution in [-0.2, 0) is 6.54 Å². The Morgan fingerprint density at radius 1 is 1.34 bits per heavy atom. The first-order valence-electron chi connectivity index (χ1n) is 9.62. The van der Waals surface area contributed by atoms with E-state index in [0.29, 0.717) is 20.9 Å². The maximum atomic E-state index is 14.5. The molecular weight excluding hydrogens is 444 g/mol. The minimum atomic E-state index is -1.11. The molecule has 0 saturated carbocycles. The van der Waals surface area contributed by atoms with Gasteiger partial charge in [-0.25, -0.2) is 8.78 Å². The van der Waals surface area contributed by atoms with Crippen LogP contribution in [0.5, 0.6) is 0 Å². The van der Waals surface area contributed by atoms with Crippen LogP contribution in [0.1, 0.15) is 34.4 Å². The van der Waals surface area contributed by atoms with Crippen LogP contribution in [0.15, 0.2) is 28.8 Å². The van der Waals surface area contributed by atoms with Gasteiger partial charge in [0.2, 0.25) is 5.89 Å². The number of thiophene rings is 1. The number of aliphatic hydroxyl groups is 2. The van der Waals surface area contributed by atoms with Crippen molar-refractivity contribution in [1.29, 1.82) is 0 Å². The zero-order valence-electron chi connectivity index (χ0n) is 17.0. The molecule has 32 heavy (non-hydrogen) atoms. The highest BCUT2D eigenvalue weighted by Gasteiger charge is 2.24. The number of halogens is 2. The fraction of sp³-hybridized carbons (Fsp3) is 0.300. The molecular formula is C20H19F2N5O4S. The van der Waals surface area contributed by atoms with Crippen LogP contribution in [0.2, 0.25) is 0 Å². The van der Waals surface area contributed by atoms with Gasteiger partial charge >= 0.3 is 0 Å². The zero-order valence-corrected chi connectivity index (χ0v) is 17.9. The molecule has 4 rings (SSSR count). The van der Waals surface area contributed by atoms with Crippen molar-refractivity contribution in [2.24, 2.45) is 0 Å². The van der Waals surface area contributed by atoms with Gasteiger partial charge in [0.05, 0.1) is 24.1 Å². The van der Waals surface area contributed by atoms with E-state index in [9.17, 15) is 23.8 Å². The van der Waals surface area contributed by atoms with Crippen LogP contribution in [0.3, 0.4) is 0 Å². The van der Waals surface area contributed by atoms with E-state index < -0.39 is 36.3 Å². The summed E-state index contributed by atoms with van der Waals surface area (Å²) >= 11 is 1.08. The number of carbonyl (C=O) groups is 1. The van der Waals surface area contributed by atoms with Crippen molar-refractivity contribution in [2.75, 3.05) is 6.61 Å². The summed E-state index contributed by atoms with van der Waals surface area (Å²) in [6.45, 7) is 2.78. The molecule has 1 unspecified atom stereocenters. The molecule has 0 radical (unpaired) electrons. The Hall–Kier alpha value is -3.22. The van der Waals surface area contributed by atoms with Crippen molar-refractivity contribution in [2.45, 2.75) is 32.5 Å². The summed E-state index contributed by atoms with van der Waals surface area (Å²) in [5, 5.41) is 30.3. The maximum absolute atomic E-state index is 14.5. The quantitative estimate of drug-likeness (QED) is 0.385. The maximum Gasteiger partial charge on any atom is 0.262 e. The van der Waals surface area contributed by atoms with Crippen LogP contribution in [0, 0.1) is 18.6 Å². The molecule has 0 aliphatic rings.